The Morgan fingerprint density at radius 1 is 0.462 bits per heavy atom. The van der Waals surface area contributed by atoms with Gasteiger partial charge in [0.1, 0.15) is 6.10 Å². The molecule has 378 valence electrons. The first-order chi connectivity index (χ1) is 32.0. The monoisotopic (exact) mass is 910 g/mol. The molecule has 0 aromatic heterocycles. The molecule has 0 radical (unpaired) electrons. The van der Waals surface area contributed by atoms with E-state index in [2.05, 4.69) is 86.8 Å². The van der Waals surface area contributed by atoms with Crippen molar-refractivity contribution in [2.75, 3.05) is 6.61 Å². The minimum absolute atomic E-state index is 0.0657. The summed E-state index contributed by atoms with van der Waals surface area (Å²) in [5.74, 6) is -0.502. The molecule has 65 heavy (non-hydrogen) atoms. The molecule has 0 aromatic rings. The Morgan fingerprint density at radius 3 is 1.25 bits per heavy atom. The molecule has 1 amide bonds. The van der Waals surface area contributed by atoms with Crippen LogP contribution in [0.15, 0.2) is 60.8 Å². The van der Waals surface area contributed by atoms with Gasteiger partial charge >= 0.3 is 5.97 Å². The van der Waals surface area contributed by atoms with Crippen LogP contribution in [0.4, 0.5) is 0 Å². The Hall–Kier alpha value is -2.44. The molecule has 3 atom stereocenters. The van der Waals surface area contributed by atoms with Crippen molar-refractivity contribution in [1.82, 2.24) is 5.32 Å². The number of hydrogen-bond donors (Lipinski definition) is 3. The molecule has 0 rings (SSSR count). The van der Waals surface area contributed by atoms with E-state index in [1.165, 1.54) is 141 Å². The fourth-order valence-corrected chi connectivity index (χ4v) is 8.40. The van der Waals surface area contributed by atoms with Crippen LogP contribution in [0.2, 0.25) is 0 Å². The Kier molecular flexibility index (Phi) is 50.6. The van der Waals surface area contributed by atoms with E-state index in [4.69, 9.17) is 4.74 Å². The van der Waals surface area contributed by atoms with Crippen molar-refractivity contribution >= 4 is 11.9 Å². The van der Waals surface area contributed by atoms with E-state index in [0.717, 1.165) is 89.9 Å². The number of nitrogens with one attached hydrogen (secondary N) is 1. The van der Waals surface area contributed by atoms with Crippen LogP contribution in [0.3, 0.4) is 0 Å². The van der Waals surface area contributed by atoms with Gasteiger partial charge in [0, 0.05) is 6.42 Å². The molecule has 0 aliphatic heterocycles. The van der Waals surface area contributed by atoms with Crippen LogP contribution < -0.4 is 5.32 Å². The minimum Gasteiger partial charge on any atom is -0.462 e. The van der Waals surface area contributed by atoms with Gasteiger partial charge in [0.2, 0.25) is 5.91 Å². The molecule has 0 spiro atoms. The van der Waals surface area contributed by atoms with Gasteiger partial charge in [-0.15, -0.1) is 0 Å². The van der Waals surface area contributed by atoms with E-state index in [-0.39, 0.29) is 24.9 Å². The smallest absolute Gasteiger partial charge is 0.306 e. The SMILES string of the molecule is CC/C=C\C/C=C\C/C=C\C/C=C\C/C=C\CCCCCC(=O)OC(CCCCCCCCCCCCCCCC)CC(=O)NC(CO)C(O)CCCCCCCCCCCCCCC. The highest BCUT2D eigenvalue weighted by atomic mass is 16.5. The molecular formula is C59H107NO5. The first-order valence-electron chi connectivity index (χ1n) is 28.0. The average Bonchev–Trinajstić information content (AvgIpc) is 3.30. The number of rotatable bonds is 50. The predicted molar refractivity (Wildman–Crippen MR) is 282 cm³/mol. The second-order valence-corrected chi connectivity index (χ2v) is 19.0. The number of esters is 1. The van der Waals surface area contributed by atoms with Gasteiger partial charge < -0.3 is 20.3 Å². The van der Waals surface area contributed by atoms with Crippen molar-refractivity contribution in [1.29, 1.82) is 0 Å². The molecule has 6 heteroatoms. The van der Waals surface area contributed by atoms with Crippen LogP contribution in [0.1, 0.15) is 278 Å². The zero-order valence-electron chi connectivity index (χ0n) is 43.1. The van der Waals surface area contributed by atoms with E-state index < -0.39 is 18.2 Å². The van der Waals surface area contributed by atoms with E-state index in [9.17, 15) is 19.8 Å². The molecule has 0 aliphatic carbocycles. The second-order valence-electron chi connectivity index (χ2n) is 19.0. The molecule has 3 unspecified atom stereocenters. The van der Waals surface area contributed by atoms with Crippen LogP contribution >= 0.6 is 0 Å². The van der Waals surface area contributed by atoms with Crippen molar-refractivity contribution in [2.45, 2.75) is 296 Å². The summed E-state index contributed by atoms with van der Waals surface area (Å²) in [7, 11) is 0. The number of ether oxygens (including phenoxy) is 1. The van der Waals surface area contributed by atoms with E-state index in [0.29, 0.717) is 19.3 Å². The molecule has 0 fully saturated rings. The summed E-state index contributed by atoms with van der Waals surface area (Å²) in [6.07, 6.45) is 65.6. The predicted octanol–water partition coefficient (Wildman–Crippen LogP) is 17.2. The maximum absolute atomic E-state index is 13.2. The van der Waals surface area contributed by atoms with Gasteiger partial charge in [-0.3, -0.25) is 9.59 Å². The maximum atomic E-state index is 13.2. The lowest BCUT2D eigenvalue weighted by Crippen LogP contribution is -2.46. The summed E-state index contributed by atoms with van der Waals surface area (Å²) in [4.78, 5) is 26.2. The fourth-order valence-electron chi connectivity index (χ4n) is 8.40. The summed E-state index contributed by atoms with van der Waals surface area (Å²) in [5, 5.41) is 23.8. The maximum Gasteiger partial charge on any atom is 0.306 e. The van der Waals surface area contributed by atoms with Gasteiger partial charge in [-0.05, 0) is 70.6 Å². The summed E-state index contributed by atoms with van der Waals surface area (Å²) in [5.41, 5.74) is 0. The lowest BCUT2D eigenvalue weighted by molar-refractivity contribution is -0.151. The van der Waals surface area contributed by atoms with Gasteiger partial charge in [0.15, 0.2) is 0 Å². The zero-order chi connectivity index (χ0) is 47.4. The number of carbonyl (C=O) groups is 2. The van der Waals surface area contributed by atoms with Gasteiger partial charge in [-0.2, -0.15) is 0 Å². The van der Waals surface area contributed by atoms with Gasteiger partial charge in [-0.1, -0.05) is 255 Å². The van der Waals surface area contributed by atoms with Crippen LogP contribution in [0.5, 0.6) is 0 Å². The number of aliphatic hydroxyl groups excluding tert-OH is 2. The lowest BCUT2D eigenvalue weighted by atomic mass is 10.0. The molecule has 6 nitrogen and oxygen atoms in total. The molecule has 0 aromatic carbocycles. The normalized spacial score (nSPS) is 13.6. The Morgan fingerprint density at radius 2 is 0.831 bits per heavy atom. The van der Waals surface area contributed by atoms with Gasteiger partial charge in [0.05, 0.1) is 25.2 Å². The van der Waals surface area contributed by atoms with Gasteiger partial charge in [0.25, 0.3) is 0 Å². The topological polar surface area (TPSA) is 95.9 Å². The highest BCUT2D eigenvalue weighted by molar-refractivity contribution is 5.77. The van der Waals surface area contributed by atoms with Crippen LogP contribution in [-0.2, 0) is 14.3 Å². The third kappa shape index (κ3) is 47.8. The van der Waals surface area contributed by atoms with E-state index >= 15 is 0 Å². The molecule has 0 heterocycles. The van der Waals surface area contributed by atoms with Crippen LogP contribution in [0.25, 0.3) is 0 Å². The minimum atomic E-state index is -0.793. The fraction of sp³-hybridized carbons (Fsp3) is 0.797. The van der Waals surface area contributed by atoms with Crippen LogP contribution in [0, 0.1) is 0 Å². The first kappa shape index (κ1) is 62.6. The first-order valence-corrected chi connectivity index (χ1v) is 28.0. The third-order valence-corrected chi connectivity index (χ3v) is 12.6. The standard InChI is InChI=1S/C59H107NO5/c1-4-7-10-13-16-19-22-25-27-28-29-30-31-34-37-40-43-46-49-52-59(64)65-55(50-47-44-41-38-35-33-26-23-20-17-14-11-8-5-2)53-58(63)60-56(54-61)57(62)51-48-45-42-39-36-32-24-21-18-15-12-9-6-3/h7,10,16,19,25,27,29-30,34,37,55-57,61-62H,4-6,8-9,11-15,17-18,20-24,26,28,31-33,35-36,38-54H2,1-3H3,(H,60,63)/b10-7-,19-16-,27-25-,30-29-,37-34-. The number of carbonyl (C=O) groups excluding carboxylic acids is 2. The number of amides is 1. The summed E-state index contributed by atoms with van der Waals surface area (Å²) < 4.78 is 5.94. The summed E-state index contributed by atoms with van der Waals surface area (Å²) in [6.45, 7) is 6.38. The number of allylic oxidation sites excluding steroid dienone is 10. The summed E-state index contributed by atoms with van der Waals surface area (Å²) >= 11 is 0. The molecule has 0 saturated carbocycles. The molecule has 0 saturated heterocycles. The Bertz CT molecular complexity index is 1160. The van der Waals surface area contributed by atoms with Crippen molar-refractivity contribution in [3.63, 3.8) is 0 Å². The van der Waals surface area contributed by atoms with Crippen molar-refractivity contribution in [3.8, 4) is 0 Å². The third-order valence-electron chi connectivity index (χ3n) is 12.6. The molecule has 0 aliphatic rings. The van der Waals surface area contributed by atoms with Crippen molar-refractivity contribution in [2.24, 2.45) is 0 Å². The quantitative estimate of drug-likeness (QED) is 0.0321. The van der Waals surface area contributed by atoms with E-state index in [1.54, 1.807) is 0 Å². The number of unbranched alkanes of at least 4 members (excludes halogenated alkanes) is 28. The van der Waals surface area contributed by atoms with Gasteiger partial charge in [-0.25, -0.2) is 0 Å². The number of hydrogen-bond acceptors (Lipinski definition) is 5. The van der Waals surface area contributed by atoms with Crippen LogP contribution in [-0.4, -0.2) is 46.9 Å². The van der Waals surface area contributed by atoms with Crippen molar-refractivity contribution in [3.05, 3.63) is 60.8 Å². The zero-order valence-corrected chi connectivity index (χ0v) is 43.1. The lowest BCUT2D eigenvalue weighted by Gasteiger charge is -2.24. The Labute approximate surface area is 403 Å². The van der Waals surface area contributed by atoms with Crippen molar-refractivity contribution < 1.29 is 24.5 Å². The van der Waals surface area contributed by atoms with E-state index in [1.807, 2.05) is 0 Å². The number of aliphatic hydroxyl groups is 2. The summed E-state index contributed by atoms with van der Waals surface area (Å²) in [6, 6.07) is -0.708. The highest BCUT2D eigenvalue weighted by Crippen LogP contribution is 2.18. The molecule has 0 bridgehead atoms. The molecule has 3 N–H and O–H groups in total. The molecular weight excluding hydrogens is 803 g/mol. The second kappa shape index (κ2) is 52.5. The average molecular weight is 911 g/mol. The highest BCUT2D eigenvalue weighted by Gasteiger charge is 2.24. The largest absolute Gasteiger partial charge is 0.462 e. The Balaban J connectivity index is 4.60.